The molecule has 0 amide bonds. The first-order valence-electron chi connectivity index (χ1n) is 8.80. The third kappa shape index (κ3) is 3.68. The summed E-state index contributed by atoms with van der Waals surface area (Å²) in [6.45, 7) is 1.66. The van der Waals surface area contributed by atoms with Crippen molar-refractivity contribution in [1.82, 2.24) is 19.8 Å². The largest absolute Gasteiger partial charge is 0.497 e. The van der Waals surface area contributed by atoms with Crippen LogP contribution in [0.2, 0.25) is 0 Å². The maximum Gasteiger partial charge on any atom is 0.225 e. The van der Waals surface area contributed by atoms with Crippen LogP contribution in [0, 0.1) is 4.77 Å². The molecular weight excluding hydrogens is 346 g/mol. The standard InChI is InChI=1S/C19H21N5OS/c1-25-18-11-7-15(8-12-18)13-22(16-9-10-16)14-23-19(26)24(21-20-23)17-5-3-2-4-6-17/h2-8,11-12,16H,9-10,13-14H2,1H3/p+1. The van der Waals surface area contributed by atoms with Crippen LogP contribution >= 0.6 is 12.2 Å². The Labute approximate surface area is 157 Å². The summed E-state index contributed by atoms with van der Waals surface area (Å²) in [6.07, 6.45) is 2.51. The Morgan fingerprint density at radius 3 is 2.46 bits per heavy atom. The van der Waals surface area contributed by atoms with Crippen LogP contribution in [0.15, 0.2) is 54.6 Å². The van der Waals surface area contributed by atoms with Gasteiger partial charge < -0.3 is 9.64 Å². The molecule has 0 bridgehead atoms. The van der Waals surface area contributed by atoms with Crippen LogP contribution < -0.4 is 9.64 Å². The molecule has 0 aliphatic heterocycles. The first kappa shape index (κ1) is 16.9. The lowest BCUT2D eigenvalue weighted by Gasteiger charge is -2.18. The quantitative estimate of drug-likeness (QED) is 0.648. The lowest BCUT2D eigenvalue weighted by atomic mass is 10.2. The van der Waals surface area contributed by atoms with Gasteiger partial charge in [0.1, 0.15) is 12.3 Å². The van der Waals surface area contributed by atoms with Gasteiger partial charge in [-0.1, -0.05) is 18.2 Å². The highest BCUT2D eigenvalue weighted by atomic mass is 32.1. The van der Waals surface area contributed by atoms with E-state index in [4.69, 9.17) is 17.0 Å². The zero-order chi connectivity index (χ0) is 17.9. The van der Waals surface area contributed by atoms with E-state index in [0.717, 1.165) is 24.7 Å². The molecule has 1 atom stereocenters. The molecule has 2 aromatic carbocycles. The van der Waals surface area contributed by atoms with Crippen LogP contribution in [-0.4, -0.2) is 32.9 Å². The molecule has 1 fully saturated rings. The smallest absolute Gasteiger partial charge is 0.225 e. The number of nitrogens with one attached hydrogen (secondary N) is 1. The van der Waals surface area contributed by atoms with Crippen molar-refractivity contribution in [2.45, 2.75) is 32.1 Å². The van der Waals surface area contributed by atoms with Crippen LogP contribution in [-0.2, 0) is 13.2 Å². The Morgan fingerprint density at radius 1 is 1.08 bits per heavy atom. The van der Waals surface area contributed by atoms with Gasteiger partial charge in [0.15, 0.2) is 6.67 Å². The zero-order valence-corrected chi connectivity index (χ0v) is 15.5. The number of benzene rings is 2. The van der Waals surface area contributed by atoms with Gasteiger partial charge in [-0.15, -0.1) is 0 Å². The summed E-state index contributed by atoms with van der Waals surface area (Å²) in [7, 11) is 1.69. The van der Waals surface area contributed by atoms with E-state index in [9.17, 15) is 0 Å². The molecule has 1 aliphatic carbocycles. The third-order valence-electron chi connectivity index (χ3n) is 4.74. The van der Waals surface area contributed by atoms with Crippen molar-refractivity contribution in [2.24, 2.45) is 0 Å². The van der Waals surface area contributed by atoms with Crippen molar-refractivity contribution >= 4 is 12.2 Å². The van der Waals surface area contributed by atoms with Gasteiger partial charge in [0, 0.05) is 18.4 Å². The second-order valence-electron chi connectivity index (χ2n) is 6.62. The normalized spacial score (nSPS) is 15.0. The molecule has 0 spiro atoms. The predicted molar refractivity (Wildman–Crippen MR) is 101 cm³/mol. The molecule has 134 valence electrons. The highest BCUT2D eigenvalue weighted by Crippen LogP contribution is 2.17. The van der Waals surface area contributed by atoms with Crippen LogP contribution in [0.25, 0.3) is 5.69 Å². The van der Waals surface area contributed by atoms with E-state index in [1.54, 1.807) is 11.8 Å². The Balaban J connectivity index is 1.52. The second kappa shape index (κ2) is 7.39. The molecule has 0 saturated heterocycles. The molecule has 6 nitrogen and oxygen atoms in total. The van der Waals surface area contributed by atoms with Crippen molar-refractivity contribution in [1.29, 1.82) is 0 Å². The second-order valence-corrected chi connectivity index (χ2v) is 6.99. The van der Waals surface area contributed by atoms with Gasteiger partial charge in [-0.3, -0.25) is 0 Å². The third-order valence-corrected chi connectivity index (χ3v) is 5.12. The molecule has 26 heavy (non-hydrogen) atoms. The van der Waals surface area contributed by atoms with E-state index in [-0.39, 0.29) is 0 Å². The first-order valence-corrected chi connectivity index (χ1v) is 9.21. The summed E-state index contributed by atoms with van der Waals surface area (Å²) >= 11 is 5.60. The van der Waals surface area contributed by atoms with Crippen LogP contribution in [0.3, 0.4) is 0 Å². The van der Waals surface area contributed by atoms with E-state index in [2.05, 4.69) is 22.6 Å². The predicted octanol–water partition coefficient (Wildman–Crippen LogP) is 2.01. The molecule has 1 saturated carbocycles. The minimum absolute atomic E-state index is 0.629. The van der Waals surface area contributed by atoms with Gasteiger partial charge in [-0.05, 0) is 59.0 Å². The van der Waals surface area contributed by atoms with Gasteiger partial charge in [0.05, 0.1) is 18.8 Å². The highest BCUT2D eigenvalue weighted by Gasteiger charge is 2.34. The lowest BCUT2D eigenvalue weighted by Crippen LogP contribution is -3.11. The van der Waals surface area contributed by atoms with Gasteiger partial charge in [0.2, 0.25) is 4.77 Å². The maximum atomic E-state index is 5.60. The SMILES string of the molecule is COc1ccc(C[NH+](Cn2nnn(-c3ccccc3)c2=S)C2CC2)cc1. The summed E-state index contributed by atoms with van der Waals surface area (Å²) < 4.78 is 9.42. The van der Waals surface area contributed by atoms with Crippen molar-refractivity contribution in [3.05, 3.63) is 64.9 Å². The van der Waals surface area contributed by atoms with Crippen LogP contribution in [0.1, 0.15) is 18.4 Å². The molecule has 4 rings (SSSR count). The van der Waals surface area contributed by atoms with E-state index >= 15 is 0 Å². The molecule has 0 radical (unpaired) electrons. The van der Waals surface area contributed by atoms with Gasteiger partial charge in [0.25, 0.3) is 0 Å². The number of ether oxygens (including phenoxy) is 1. The summed E-state index contributed by atoms with van der Waals surface area (Å²) in [5.74, 6) is 0.884. The van der Waals surface area contributed by atoms with Gasteiger partial charge in [-0.2, -0.15) is 9.36 Å². The number of aromatic nitrogens is 4. The first-order chi connectivity index (χ1) is 12.7. The highest BCUT2D eigenvalue weighted by molar-refractivity contribution is 7.71. The van der Waals surface area contributed by atoms with Crippen molar-refractivity contribution in [3.63, 3.8) is 0 Å². The Bertz CT molecular complexity index is 915. The molecule has 1 N–H and O–H groups in total. The summed E-state index contributed by atoms with van der Waals surface area (Å²) in [6, 6.07) is 18.8. The molecule has 1 unspecified atom stereocenters. The summed E-state index contributed by atoms with van der Waals surface area (Å²) in [5, 5.41) is 8.54. The monoisotopic (exact) mass is 368 g/mol. The van der Waals surface area contributed by atoms with Crippen LogP contribution in [0.5, 0.6) is 5.75 Å². The van der Waals surface area contributed by atoms with E-state index in [1.807, 2.05) is 47.1 Å². The average Bonchev–Trinajstić information content (AvgIpc) is 3.47. The fourth-order valence-corrected chi connectivity index (χ4v) is 3.37. The zero-order valence-electron chi connectivity index (χ0n) is 14.7. The number of quaternary nitrogens is 1. The molecule has 1 aliphatic rings. The summed E-state index contributed by atoms with van der Waals surface area (Å²) in [4.78, 5) is 1.46. The lowest BCUT2D eigenvalue weighted by molar-refractivity contribution is -0.947. The fraction of sp³-hybridized carbons (Fsp3) is 0.316. The number of hydrogen-bond acceptors (Lipinski definition) is 4. The Morgan fingerprint density at radius 2 is 1.81 bits per heavy atom. The number of nitrogens with zero attached hydrogens (tertiary/aromatic N) is 4. The minimum atomic E-state index is 0.629. The average molecular weight is 368 g/mol. The van der Waals surface area contributed by atoms with Gasteiger partial charge >= 0.3 is 0 Å². The molecule has 1 aromatic heterocycles. The Kier molecular flexibility index (Phi) is 4.81. The van der Waals surface area contributed by atoms with Crippen molar-refractivity contribution in [3.8, 4) is 11.4 Å². The number of hydrogen-bond donors (Lipinski definition) is 1. The van der Waals surface area contributed by atoms with Crippen LogP contribution in [0.4, 0.5) is 0 Å². The molecular formula is C19H22N5OS+. The topological polar surface area (TPSA) is 49.3 Å². The summed E-state index contributed by atoms with van der Waals surface area (Å²) in [5.41, 5.74) is 2.22. The van der Waals surface area contributed by atoms with E-state index in [1.165, 1.54) is 23.3 Å². The maximum absolute atomic E-state index is 5.60. The number of para-hydroxylation sites is 1. The van der Waals surface area contributed by atoms with E-state index < -0.39 is 0 Å². The number of rotatable bonds is 7. The van der Waals surface area contributed by atoms with Gasteiger partial charge in [-0.25, -0.2) is 0 Å². The molecule has 3 aromatic rings. The molecule has 1 heterocycles. The molecule has 7 heteroatoms. The fourth-order valence-electron chi connectivity index (χ4n) is 3.12. The van der Waals surface area contributed by atoms with Crippen molar-refractivity contribution in [2.75, 3.05) is 7.11 Å². The number of tetrazole rings is 1. The number of methoxy groups -OCH3 is 1. The minimum Gasteiger partial charge on any atom is -0.497 e. The van der Waals surface area contributed by atoms with Crippen molar-refractivity contribution < 1.29 is 9.64 Å². The van der Waals surface area contributed by atoms with E-state index in [0.29, 0.717) is 10.8 Å². The Hall–Kier alpha value is -2.51.